The van der Waals surface area contributed by atoms with Crippen molar-refractivity contribution in [3.63, 3.8) is 0 Å². The molecule has 5 aromatic carbocycles. The summed E-state index contributed by atoms with van der Waals surface area (Å²) >= 11 is 0. The zero-order valence-electron chi connectivity index (χ0n) is 36.5. The van der Waals surface area contributed by atoms with Crippen LogP contribution in [-0.2, 0) is 0 Å². The summed E-state index contributed by atoms with van der Waals surface area (Å²) in [5.74, 6) is 0. The Morgan fingerprint density at radius 2 is 0.517 bits per heavy atom. The SMILES string of the molecule is CCN(CC)c1ccc(C(=C/C=C/c2ccc(/C=C/C=C(c3ccc(N(CC)CC)cc3)c3ccc(N(CC)CC)cc3)cc2)c2ccc(N(CC)CC)cc2)cc1. The molecule has 0 aromatic heterocycles. The first-order chi connectivity index (χ1) is 28.4. The number of benzene rings is 5. The predicted molar refractivity (Wildman–Crippen MR) is 259 cm³/mol. The van der Waals surface area contributed by atoms with E-state index in [4.69, 9.17) is 0 Å². The number of hydrogen-bond donors (Lipinski definition) is 0. The van der Waals surface area contributed by atoms with Crippen LogP contribution in [0, 0.1) is 0 Å². The number of allylic oxidation sites excluding steroid dienone is 4. The summed E-state index contributed by atoms with van der Waals surface area (Å²) in [6, 6.07) is 44.9. The summed E-state index contributed by atoms with van der Waals surface area (Å²) in [7, 11) is 0. The molecule has 0 atom stereocenters. The van der Waals surface area contributed by atoms with Crippen molar-refractivity contribution in [2.75, 3.05) is 72.0 Å². The summed E-state index contributed by atoms with van der Waals surface area (Å²) in [5, 5.41) is 0. The molecule has 4 nitrogen and oxygen atoms in total. The van der Waals surface area contributed by atoms with Gasteiger partial charge in [0.05, 0.1) is 0 Å². The number of anilines is 4. The van der Waals surface area contributed by atoms with Crippen molar-refractivity contribution in [2.24, 2.45) is 0 Å². The summed E-state index contributed by atoms with van der Waals surface area (Å²) in [4.78, 5) is 9.55. The standard InChI is InChI=1S/C54H66N4/c1-9-55(10-2)49-35-27-45(28-36-49)53(46-29-37-50(38-30-46)56(11-3)12-4)21-17-19-43-23-25-44(26-24-43)20-18-22-54(47-31-39-51(40-32-47)57(13-5)14-6)48-33-41-52(42-34-48)58(15-7)16-8/h17-42H,9-16H2,1-8H3/b19-17+,20-18+. The van der Waals surface area contributed by atoms with Gasteiger partial charge in [-0.05, 0) is 148 Å². The van der Waals surface area contributed by atoms with Gasteiger partial charge in [0.15, 0.2) is 0 Å². The molecule has 0 unspecified atom stereocenters. The summed E-state index contributed by atoms with van der Waals surface area (Å²) in [6.07, 6.45) is 13.3. The van der Waals surface area contributed by atoms with Gasteiger partial charge in [-0.15, -0.1) is 0 Å². The Labute approximate surface area is 351 Å². The van der Waals surface area contributed by atoms with Crippen molar-refractivity contribution in [2.45, 2.75) is 55.4 Å². The molecule has 0 spiro atoms. The Morgan fingerprint density at radius 3 is 0.707 bits per heavy atom. The molecule has 0 aliphatic rings. The average Bonchev–Trinajstić information content (AvgIpc) is 3.27. The molecule has 0 amide bonds. The van der Waals surface area contributed by atoms with Gasteiger partial charge in [0.2, 0.25) is 0 Å². The van der Waals surface area contributed by atoms with Gasteiger partial charge in [0.25, 0.3) is 0 Å². The first-order valence-electron chi connectivity index (χ1n) is 21.7. The zero-order chi connectivity index (χ0) is 41.3. The first kappa shape index (κ1) is 43.4. The van der Waals surface area contributed by atoms with E-state index in [1.54, 1.807) is 0 Å². The predicted octanol–water partition coefficient (Wildman–Crippen LogP) is 13.4. The van der Waals surface area contributed by atoms with Crippen LogP contribution in [0.3, 0.4) is 0 Å². The highest BCUT2D eigenvalue weighted by Gasteiger charge is 2.11. The second-order valence-electron chi connectivity index (χ2n) is 14.4. The average molecular weight is 771 g/mol. The molecule has 0 saturated carbocycles. The molecule has 58 heavy (non-hydrogen) atoms. The summed E-state index contributed by atoms with van der Waals surface area (Å²) < 4.78 is 0. The monoisotopic (exact) mass is 771 g/mol. The smallest absolute Gasteiger partial charge is 0.0366 e. The molecule has 5 aromatic rings. The van der Waals surface area contributed by atoms with E-state index in [1.807, 2.05) is 0 Å². The van der Waals surface area contributed by atoms with Crippen LogP contribution in [0.2, 0.25) is 0 Å². The van der Waals surface area contributed by atoms with E-state index in [1.165, 1.54) is 67.3 Å². The second kappa shape index (κ2) is 22.3. The first-order valence-corrected chi connectivity index (χ1v) is 21.7. The molecule has 0 aliphatic carbocycles. The molecule has 302 valence electrons. The van der Waals surface area contributed by atoms with E-state index in [-0.39, 0.29) is 0 Å². The fourth-order valence-corrected chi connectivity index (χ4v) is 7.71. The maximum Gasteiger partial charge on any atom is 0.0366 e. The van der Waals surface area contributed by atoms with Crippen LogP contribution in [0.15, 0.2) is 146 Å². The third-order valence-electron chi connectivity index (χ3n) is 11.3. The van der Waals surface area contributed by atoms with Crippen LogP contribution >= 0.6 is 0 Å². The fraction of sp³-hybridized carbons (Fsp3) is 0.296. The van der Waals surface area contributed by atoms with Gasteiger partial charge in [-0.1, -0.05) is 109 Å². The van der Waals surface area contributed by atoms with Crippen LogP contribution < -0.4 is 19.6 Å². The molecule has 0 radical (unpaired) electrons. The van der Waals surface area contributed by atoms with Gasteiger partial charge in [0, 0.05) is 75.1 Å². The Balaban J connectivity index is 1.39. The molecule has 4 heteroatoms. The molecule has 5 rings (SSSR count). The van der Waals surface area contributed by atoms with Crippen LogP contribution in [-0.4, -0.2) is 52.4 Å². The maximum atomic E-state index is 2.39. The normalized spacial score (nSPS) is 11.2. The van der Waals surface area contributed by atoms with E-state index < -0.39 is 0 Å². The van der Waals surface area contributed by atoms with Crippen molar-refractivity contribution >= 4 is 46.0 Å². The lowest BCUT2D eigenvalue weighted by Gasteiger charge is -2.22. The molecule has 0 fully saturated rings. The lowest BCUT2D eigenvalue weighted by molar-refractivity contribution is 0.866. The Hall–Kier alpha value is -5.74. The summed E-state index contributed by atoms with van der Waals surface area (Å²) in [5.41, 5.74) is 14.6. The van der Waals surface area contributed by atoms with Gasteiger partial charge < -0.3 is 19.6 Å². The quantitative estimate of drug-likeness (QED) is 0.0731. The molecule has 0 aliphatic heterocycles. The van der Waals surface area contributed by atoms with Crippen molar-refractivity contribution in [3.8, 4) is 0 Å². The van der Waals surface area contributed by atoms with Crippen molar-refractivity contribution in [1.29, 1.82) is 0 Å². The molecule has 0 bridgehead atoms. The van der Waals surface area contributed by atoms with Crippen LogP contribution in [0.25, 0.3) is 23.3 Å². The highest BCUT2D eigenvalue weighted by atomic mass is 15.1. The highest BCUT2D eigenvalue weighted by molar-refractivity contribution is 5.84. The van der Waals surface area contributed by atoms with Gasteiger partial charge >= 0.3 is 0 Å². The third kappa shape index (κ3) is 11.2. The molecule has 0 heterocycles. The minimum Gasteiger partial charge on any atom is -0.372 e. The molecule has 0 N–H and O–H groups in total. The zero-order valence-corrected chi connectivity index (χ0v) is 36.5. The van der Waals surface area contributed by atoms with Crippen LogP contribution in [0.4, 0.5) is 22.7 Å². The van der Waals surface area contributed by atoms with E-state index in [2.05, 4.69) is 233 Å². The van der Waals surface area contributed by atoms with E-state index in [0.717, 1.165) is 52.4 Å². The lowest BCUT2D eigenvalue weighted by atomic mass is 9.96. The molecular formula is C54H66N4. The second-order valence-corrected chi connectivity index (χ2v) is 14.4. The van der Waals surface area contributed by atoms with Crippen molar-refractivity contribution < 1.29 is 0 Å². The van der Waals surface area contributed by atoms with Gasteiger partial charge in [0.1, 0.15) is 0 Å². The largest absolute Gasteiger partial charge is 0.372 e. The maximum absolute atomic E-state index is 2.39. The van der Waals surface area contributed by atoms with Gasteiger partial charge in [-0.2, -0.15) is 0 Å². The van der Waals surface area contributed by atoms with Gasteiger partial charge in [-0.25, -0.2) is 0 Å². The number of hydrogen-bond acceptors (Lipinski definition) is 4. The van der Waals surface area contributed by atoms with Crippen molar-refractivity contribution in [3.05, 3.63) is 179 Å². The lowest BCUT2D eigenvalue weighted by Crippen LogP contribution is -2.21. The molecular weight excluding hydrogens is 705 g/mol. The number of nitrogens with zero attached hydrogens (tertiary/aromatic N) is 4. The Bertz CT molecular complexity index is 1800. The summed E-state index contributed by atoms with van der Waals surface area (Å²) in [6.45, 7) is 25.7. The van der Waals surface area contributed by atoms with E-state index in [9.17, 15) is 0 Å². The van der Waals surface area contributed by atoms with E-state index in [0.29, 0.717) is 0 Å². The van der Waals surface area contributed by atoms with Crippen LogP contribution in [0.1, 0.15) is 88.8 Å². The topological polar surface area (TPSA) is 13.0 Å². The van der Waals surface area contributed by atoms with Crippen molar-refractivity contribution in [1.82, 2.24) is 0 Å². The minimum atomic E-state index is 0.998. The van der Waals surface area contributed by atoms with Gasteiger partial charge in [-0.3, -0.25) is 0 Å². The van der Waals surface area contributed by atoms with Crippen LogP contribution in [0.5, 0.6) is 0 Å². The fourth-order valence-electron chi connectivity index (χ4n) is 7.71. The number of rotatable bonds is 20. The Morgan fingerprint density at radius 1 is 0.310 bits per heavy atom. The minimum absolute atomic E-state index is 0.998. The third-order valence-corrected chi connectivity index (χ3v) is 11.3. The Kier molecular flexibility index (Phi) is 16.7. The highest BCUT2D eigenvalue weighted by Crippen LogP contribution is 2.30. The molecule has 0 saturated heterocycles. The van der Waals surface area contributed by atoms with E-state index >= 15 is 0 Å².